The number of ether oxygens (including phenoxy) is 5. The summed E-state index contributed by atoms with van der Waals surface area (Å²) >= 11 is 0. The highest BCUT2D eigenvalue weighted by atomic mass is 32.3. The molecule has 10 atom stereocenters. The first-order valence-electron chi connectivity index (χ1n) is 35.0. The molecule has 566 valence electrons. The molecule has 2 bridgehead atoms. The van der Waals surface area contributed by atoms with Crippen LogP contribution in [0.5, 0.6) is 11.5 Å². The van der Waals surface area contributed by atoms with Crippen molar-refractivity contribution < 1.29 is 101 Å². The number of likely N-dealkylation sites (N-methyl/N-ethyl adjacent to an activating group) is 2. The van der Waals surface area contributed by atoms with Gasteiger partial charge in [-0.05, 0) is 135 Å². The molecule has 0 radical (unpaired) electrons. The number of esters is 3. The number of carboxylic acid groups (broad SMARTS) is 3. The van der Waals surface area contributed by atoms with Crippen molar-refractivity contribution in [1.29, 1.82) is 0 Å². The summed E-state index contributed by atoms with van der Waals surface area (Å²) in [7, 11) is 5.60. The van der Waals surface area contributed by atoms with Gasteiger partial charge in [-0.2, -0.15) is 8.42 Å². The van der Waals surface area contributed by atoms with E-state index in [-0.39, 0.29) is 12.0 Å². The summed E-state index contributed by atoms with van der Waals surface area (Å²) in [6.07, 6.45) is 4.62. The van der Waals surface area contributed by atoms with Gasteiger partial charge in [-0.1, -0.05) is 124 Å². The third-order valence-corrected chi connectivity index (χ3v) is 21.7. The highest BCUT2D eigenvalue weighted by Crippen LogP contribution is 2.68. The van der Waals surface area contributed by atoms with Gasteiger partial charge >= 0.3 is 46.2 Å². The third kappa shape index (κ3) is 15.9. The summed E-state index contributed by atoms with van der Waals surface area (Å²) in [4.78, 5) is 85.8. The maximum Gasteiger partial charge on any atom is 0.394 e. The van der Waals surface area contributed by atoms with E-state index >= 15 is 4.79 Å². The Balaban J connectivity index is 0.000000228. The van der Waals surface area contributed by atoms with Crippen LogP contribution in [0.15, 0.2) is 133 Å². The zero-order chi connectivity index (χ0) is 76.8. The number of rotatable bonds is 20. The number of H-pyrrole nitrogens is 1. The second-order valence-electron chi connectivity index (χ2n) is 28.2. The number of carbonyl (C=O) groups excluding carboxylic acids is 3. The quantitative estimate of drug-likeness (QED) is 0.0115. The second-order valence-corrected chi connectivity index (χ2v) is 29.1. The number of aromatic nitrogens is 1. The number of hydrogen-bond donors (Lipinski definition) is 9. The normalized spacial score (nSPS) is 25.9. The van der Waals surface area contributed by atoms with Gasteiger partial charge in [0.25, 0.3) is 0 Å². The van der Waals surface area contributed by atoms with E-state index in [1.165, 1.54) is 49.0 Å². The number of para-hydroxylation sites is 1. The number of allylic oxidation sites excluding steroid dienone is 1. The van der Waals surface area contributed by atoms with Crippen LogP contribution in [0, 0.1) is 11.3 Å². The number of nitrogens with zero attached hydrogens (tertiary/aromatic N) is 4. The van der Waals surface area contributed by atoms with Crippen LogP contribution in [-0.2, 0) is 70.6 Å². The third-order valence-electron chi connectivity index (χ3n) is 21.7. The standard InChI is InChI=1S/C46H58N4O9.C26H29NO.C6H8O7.H2O4S/c1-8-42(54)23-28-24-45(40(52)57-6,36-30(15-19-49(25-28)26-42)29-13-10-11-14-33(29)47-36)32-21-31-34(22-35(32)56-5)48(4)38-44(31)17-20-50-18-12-16-43(9-2,37(44)50)39(59-27(3)51)46(38,55)41(53)58-7;1-4-25(21-11-7-5-8-12-21)26(22-13-9-6-10-14-22)23-15-17-24(18-16-23)28-20-19-27(2)3;7-3(8)1-6(13,5(11)12)2-4(9)10;1-5(2,3)4/h10-14,16,21-22,28,37-39,47,54-55H,8-9,15,17-20,23-26H2,1-7H3;5-18H,4,19-20H2,1-3H3;13H,1-2H2,(H,7,8)(H,9,10)(H,11,12);(H2,1,2,3,4)/b;26-25-;;/t28-,37-,38+,39+,42-,43+,44+,45-,46-;;;/m0.../s1. The number of aliphatic carboxylic acids is 3. The van der Waals surface area contributed by atoms with Crippen LogP contribution in [0.3, 0.4) is 0 Å². The van der Waals surface area contributed by atoms with E-state index in [1.807, 2.05) is 50.1 Å². The SMILES string of the molecule is CC/C(=C(\c1ccccc1)c1ccc(OCCN(C)C)cc1)c1ccccc1.CC[C@]1(O)C[C@@H]2CN(CCc3c([nH]c4ccccc34)[C@@](C(=O)OC)(c3cc4c(cc3OC)N(C)[C@H]3[C@@](O)(C(=O)OC)[C@H](OC(C)=O)[C@]5(CC)C=CCN6CC[C@]43[C@@H]65)C2)C1.O=C(O)CC(O)(CC(=O)O)C(=O)O.O=S(=O)(O)O. The van der Waals surface area contributed by atoms with Gasteiger partial charge in [0.15, 0.2) is 11.7 Å². The van der Waals surface area contributed by atoms with E-state index < -0.39 is 104 Å². The summed E-state index contributed by atoms with van der Waals surface area (Å²) in [5.74, 6) is -5.67. The number of nitrogens with one attached hydrogen (secondary N) is 1. The molecule has 1 unspecified atom stereocenters. The van der Waals surface area contributed by atoms with E-state index in [0.29, 0.717) is 89.2 Å². The predicted octanol–water partition coefficient (Wildman–Crippen LogP) is 8.09. The van der Waals surface area contributed by atoms with Crippen molar-refractivity contribution in [2.45, 2.75) is 131 Å². The Bertz CT molecular complexity index is 4320. The van der Waals surface area contributed by atoms with E-state index in [4.69, 9.17) is 61.6 Å². The Morgan fingerprint density at radius 3 is 1.90 bits per heavy atom. The Hall–Kier alpha value is -9.03. The van der Waals surface area contributed by atoms with Crippen LogP contribution in [-0.4, -0.2) is 227 Å². The monoisotopic (exact) mass is 1470 g/mol. The van der Waals surface area contributed by atoms with Crippen LogP contribution in [0.25, 0.3) is 22.0 Å². The van der Waals surface area contributed by atoms with Gasteiger partial charge in [0.1, 0.15) is 23.5 Å². The van der Waals surface area contributed by atoms with Crippen LogP contribution in [0.1, 0.15) is 118 Å². The van der Waals surface area contributed by atoms with Gasteiger partial charge in [0.2, 0.25) is 5.60 Å². The molecule has 1 aliphatic carbocycles. The summed E-state index contributed by atoms with van der Waals surface area (Å²) in [5, 5.41) is 60.1. The topological polar surface area (TPSA) is 373 Å². The average Bonchev–Trinajstić information content (AvgIpc) is 1.50. The zero-order valence-corrected chi connectivity index (χ0v) is 61.7. The summed E-state index contributed by atoms with van der Waals surface area (Å²) in [5.41, 5.74) is 2.01. The highest BCUT2D eigenvalue weighted by Gasteiger charge is 2.80. The molecule has 6 aromatic rings. The number of carboxylic acids is 3. The molecule has 27 heteroatoms. The van der Waals surface area contributed by atoms with Crippen LogP contribution < -0.4 is 14.4 Å². The Labute approximate surface area is 611 Å². The number of aromatic amines is 1. The molecule has 5 aliphatic heterocycles. The minimum Gasteiger partial charge on any atom is -0.496 e. The van der Waals surface area contributed by atoms with Gasteiger partial charge in [-0.3, -0.25) is 38.1 Å². The maximum atomic E-state index is 15.3. The molecule has 105 heavy (non-hydrogen) atoms. The van der Waals surface area contributed by atoms with Crippen LogP contribution in [0.4, 0.5) is 5.69 Å². The molecule has 3 fully saturated rings. The van der Waals surface area contributed by atoms with E-state index in [9.17, 15) is 34.2 Å². The molecule has 5 aromatic carbocycles. The minimum atomic E-state index is -4.67. The minimum absolute atomic E-state index is 0.0986. The first kappa shape index (κ1) is 80.1. The van der Waals surface area contributed by atoms with E-state index in [1.54, 1.807) is 7.11 Å². The molecule has 9 N–H and O–H groups in total. The first-order chi connectivity index (χ1) is 49.7. The lowest BCUT2D eigenvalue weighted by Crippen LogP contribution is -2.81. The van der Waals surface area contributed by atoms with Crippen LogP contribution in [0.2, 0.25) is 0 Å². The molecule has 1 saturated carbocycles. The smallest absolute Gasteiger partial charge is 0.394 e. The molecular weight excluding hydrogens is 1370 g/mol. The number of fused-ring (bicyclic) bond motifs is 6. The summed E-state index contributed by atoms with van der Waals surface area (Å²) in [6.45, 7) is 12.5. The fourth-order valence-electron chi connectivity index (χ4n) is 17.6. The fraction of sp³-hybridized carbons (Fsp3) is 0.462. The van der Waals surface area contributed by atoms with E-state index in [2.05, 4.69) is 150 Å². The highest BCUT2D eigenvalue weighted by molar-refractivity contribution is 7.79. The molecule has 2 saturated heterocycles. The Morgan fingerprint density at radius 1 is 0.743 bits per heavy atom. The number of anilines is 1. The molecule has 0 amide bonds. The molecule has 12 rings (SSSR count). The lowest BCUT2D eigenvalue weighted by atomic mass is 9.47. The lowest BCUT2D eigenvalue weighted by molar-refractivity contribution is -0.228. The number of methoxy groups -OCH3 is 3. The average molecular weight is 1470 g/mol. The number of carbonyl (C=O) groups is 6. The van der Waals surface area contributed by atoms with Gasteiger partial charge in [0, 0.05) is 97.5 Å². The molecule has 6 aliphatic rings. The first-order valence-corrected chi connectivity index (χ1v) is 36.4. The molecule has 6 heterocycles. The van der Waals surface area contributed by atoms with E-state index in [0.717, 1.165) is 52.1 Å². The second kappa shape index (κ2) is 32.4. The molecule has 1 spiro atoms. The molecule has 1 aromatic heterocycles. The Morgan fingerprint density at radius 2 is 1.34 bits per heavy atom. The van der Waals surface area contributed by atoms with Gasteiger partial charge in [-0.15, -0.1) is 0 Å². The van der Waals surface area contributed by atoms with Crippen molar-refractivity contribution in [3.8, 4) is 11.5 Å². The van der Waals surface area contributed by atoms with Crippen molar-refractivity contribution in [3.05, 3.63) is 173 Å². The van der Waals surface area contributed by atoms with Gasteiger partial charge < -0.3 is 69.1 Å². The van der Waals surface area contributed by atoms with Crippen LogP contribution >= 0.6 is 0 Å². The number of piperidine rings is 1. The maximum absolute atomic E-state index is 15.3. The largest absolute Gasteiger partial charge is 0.496 e. The number of aliphatic hydroxyl groups is 3. The van der Waals surface area contributed by atoms with Crippen molar-refractivity contribution >= 4 is 74.0 Å². The van der Waals surface area contributed by atoms with Gasteiger partial charge in [-0.25, -0.2) is 9.59 Å². The zero-order valence-electron chi connectivity index (χ0n) is 60.9. The van der Waals surface area contributed by atoms with Crippen molar-refractivity contribution in [2.75, 3.05) is 93.2 Å². The fourth-order valence-corrected chi connectivity index (χ4v) is 17.6. The van der Waals surface area contributed by atoms with Crippen molar-refractivity contribution in [1.82, 2.24) is 19.7 Å². The summed E-state index contributed by atoms with van der Waals surface area (Å²) < 4.78 is 61.4. The number of hydrogen-bond acceptors (Lipinski definition) is 20. The Kier molecular flexibility index (Phi) is 24.7. The predicted molar refractivity (Wildman–Crippen MR) is 391 cm³/mol. The molecular formula is C78H97N5O21S. The summed E-state index contributed by atoms with van der Waals surface area (Å²) in [6, 6.07) is 40.8. The van der Waals surface area contributed by atoms with Gasteiger partial charge in [0.05, 0.1) is 45.8 Å². The number of benzene rings is 5. The molecule has 26 nitrogen and oxygen atoms in total. The van der Waals surface area contributed by atoms with Crippen molar-refractivity contribution in [3.63, 3.8) is 0 Å². The lowest BCUT2D eigenvalue weighted by Gasteiger charge is -2.63. The van der Waals surface area contributed by atoms with Crippen molar-refractivity contribution in [2.24, 2.45) is 11.3 Å².